The normalized spacial score (nSPS) is 27.8. The van der Waals surface area contributed by atoms with Gasteiger partial charge >= 0.3 is 13.8 Å². The lowest BCUT2D eigenvalue weighted by atomic mass is 9.49. The summed E-state index contributed by atoms with van der Waals surface area (Å²) >= 11 is 6.32. The molecule has 13 nitrogen and oxygen atoms in total. The minimum atomic E-state index is -5.32. The van der Waals surface area contributed by atoms with Crippen molar-refractivity contribution in [2.75, 3.05) is 26.3 Å². The van der Waals surface area contributed by atoms with Crippen molar-refractivity contribution in [2.45, 2.75) is 110 Å². The van der Waals surface area contributed by atoms with E-state index < -0.39 is 53.8 Å². The van der Waals surface area contributed by atoms with E-state index in [9.17, 15) is 19.1 Å². The lowest BCUT2D eigenvalue weighted by Gasteiger charge is -2.59. The molecule has 2 saturated heterocycles. The maximum Gasteiger partial charge on any atom is 0.524 e. The van der Waals surface area contributed by atoms with Crippen molar-refractivity contribution in [3.63, 3.8) is 0 Å². The molecule has 1 saturated carbocycles. The van der Waals surface area contributed by atoms with Crippen LogP contribution in [0.4, 0.5) is 0 Å². The molecular weight excluding hydrogens is 849 g/mol. The Labute approximate surface area is 373 Å². The van der Waals surface area contributed by atoms with Gasteiger partial charge in [-0.2, -0.15) is 0 Å². The summed E-state index contributed by atoms with van der Waals surface area (Å²) in [5.74, 6) is -2.95. The Morgan fingerprint density at radius 2 is 1.68 bits per heavy atom. The second-order valence-electron chi connectivity index (χ2n) is 18.6. The lowest BCUT2D eigenvalue weighted by molar-refractivity contribution is -0.174. The molecule has 5 unspecified atom stereocenters. The Hall–Kier alpha value is -4.49. The fraction of sp³-hybridized carbons (Fsp3) is 0.479. The van der Waals surface area contributed by atoms with Crippen LogP contribution < -0.4 is 18.7 Å². The number of Topliss-reactive ketones (excluding diaryl/α,β-unsaturated/α-hetero) is 2. The van der Waals surface area contributed by atoms with E-state index in [1.807, 2.05) is 65.5 Å². The number of ether oxygens (including phenoxy) is 5. The number of fused-ring (bicyclic) bond motifs is 2. The summed E-state index contributed by atoms with van der Waals surface area (Å²) in [7, 11) is -5.32. The molecule has 0 aromatic heterocycles. The highest BCUT2D eigenvalue weighted by atomic mass is 35.5. The molecule has 336 valence electrons. The summed E-state index contributed by atoms with van der Waals surface area (Å²) in [5, 5.41) is 0.249. The summed E-state index contributed by atoms with van der Waals surface area (Å²) in [5.41, 5.74) is -2.15. The molecule has 7 aliphatic rings. The molecule has 9 rings (SSSR count). The monoisotopic (exact) mass is 903 g/mol. The number of phosphoric ester groups is 1. The van der Waals surface area contributed by atoms with Gasteiger partial charge in [-0.25, -0.2) is 9.36 Å². The van der Waals surface area contributed by atoms with Crippen molar-refractivity contribution in [3.8, 4) is 23.0 Å². The Morgan fingerprint density at radius 3 is 2.35 bits per heavy atom. The Morgan fingerprint density at radius 1 is 0.984 bits per heavy atom. The third kappa shape index (κ3) is 7.62. The highest BCUT2D eigenvalue weighted by Gasteiger charge is 2.83. The number of hydrogen-bond acceptors (Lipinski definition) is 11. The maximum absolute atomic E-state index is 16.1. The van der Waals surface area contributed by atoms with Gasteiger partial charge in [0, 0.05) is 42.3 Å². The Balaban J connectivity index is 1.39. The van der Waals surface area contributed by atoms with Gasteiger partial charge in [-0.1, -0.05) is 53.1 Å². The number of para-hydroxylation sites is 1. The largest absolute Gasteiger partial charge is 0.524 e. The molecule has 4 aliphatic heterocycles. The van der Waals surface area contributed by atoms with Crippen molar-refractivity contribution in [2.24, 2.45) is 11.8 Å². The summed E-state index contributed by atoms with van der Waals surface area (Å²) in [4.78, 5) is 68.2. The van der Waals surface area contributed by atoms with Crippen LogP contribution in [0.15, 0.2) is 76.6 Å². The van der Waals surface area contributed by atoms with Crippen LogP contribution in [0.25, 0.3) is 6.08 Å². The van der Waals surface area contributed by atoms with Crippen molar-refractivity contribution in [3.05, 3.63) is 98.3 Å². The quantitative estimate of drug-likeness (QED) is 0.0683. The van der Waals surface area contributed by atoms with Crippen molar-refractivity contribution in [1.82, 2.24) is 4.90 Å². The average molecular weight is 904 g/mol. The summed E-state index contributed by atoms with van der Waals surface area (Å²) < 4.78 is 51.4. The number of carbonyl (C=O) groups is 3. The van der Waals surface area contributed by atoms with Crippen LogP contribution >= 0.6 is 19.4 Å². The molecule has 3 aliphatic carbocycles. The van der Waals surface area contributed by atoms with E-state index in [2.05, 4.69) is 6.08 Å². The number of halogens is 1. The smallest absolute Gasteiger partial charge is 0.482 e. The van der Waals surface area contributed by atoms with Gasteiger partial charge in [0.25, 0.3) is 0 Å². The molecule has 0 radical (unpaired) electrons. The van der Waals surface area contributed by atoms with Crippen LogP contribution in [0.1, 0.15) is 103 Å². The van der Waals surface area contributed by atoms with Gasteiger partial charge in [0.05, 0.1) is 40.9 Å². The summed E-state index contributed by atoms with van der Waals surface area (Å²) in [6, 6.07) is 6.59. The molecule has 63 heavy (non-hydrogen) atoms. The Kier molecular flexibility index (Phi) is 11.6. The highest BCUT2D eigenvalue weighted by molar-refractivity contribution is 7.46. The van der Waals surface area contributed by atoms with E-state index in [1.165, 1.54) is 0 Å². The zero-order valence-electron chi connectivity index (χ0n) is 37.0. The van der Waals surface area contributed by atoms with Crippen LogP contribution in [0.3, 0.4) is 0 Å². The first-order chi connectivity index (χ1) is 29.6. The number of benzene rings is 2. The third-order valence-electron chi connectivity index (χ3n) is 13.2. The van der Waals surface area contributed by atoms with Crippen molar-refractivity contribution in [1.29, 1.82) is 0 Å². The number of phosphoric acid groups is 1. The SMILES string of the molecule is CC(C)=CCCC1(C)C=Cc2c(c(CC=C(C)C)c3c(c2OP(=O)(O)O)C(=O)C2=C(N4CCOCC4)C4CC5C(C)(C)OC(C/C=C(/C)C(=O)Oc6ccccc6Cl)(C4=O)C25O3)O1. The van der Waals surface area contributed by atoms with Gasteiger partial charge in [-0.05, 0) is 105 Å². The standard InChI is InChI=1S/C48H55ClNO12P/c1-27(2)12-11-19-46(8)20-18-31-40(59-46)30(16-15-28(3)4)41-36(42(31)61-63(54,55)56)39(51)37-38(50-22-24-57-25-23-50)32-26-35-45(6,7)62-47(43(32)52,48(35,37)60-41)21-17-29(5)44(53)58-34-14-10-9-13-33(34)49/h9-10,12-15,17-18,20,32,35H,11,16,19,21-26H2,1-8H3,(H2,54,55,56)/b29-17-. The number of rotatable bonds is 12. The van der Waals surface area contributed by atoms with Gasteiger partial charge in [-0.3, -0.25) is 19.4 Å². The third-order valence-corrected chi connectivity index (χ3v) is 13.9. The minimum Gasteiger partial charge on any atom is -0.482 e. The zero-order valence-corrected chi connectivity index (χ0v) is 38.6. The predicted octanol–water partition coefficient (Wildman–Crippen LogP) is 8.84. The molecule has 15 heteroatoms. The van der Waals surface area contributed by atoms with Crippen LogP contribution in [0, 0.1) is 11.8 Å². The number of esters is 1. The van der Waals surface area contributed by atoms with Crippen molar-refractivity contribution >= 4 is 43.0 Å². The van der Waals surface area contributed by atoms with Crippen molar-refractivity contribution < 1.29 is 56.9 Å². The lowest BCUT2D eigenvalue weighted by Crippen LogP contribution is -2.74. The number of allylic oxidation sites excluding steroid dienone is 5. The zero-order chi connectivity index (χ0) is 45.4. The molecule has 2 aromatic carbocycles. The molecule has 0 amide bonds. The van der Waals surface area contributed by atoms with Gasteiger partial charge in [-0.15, -0.1) is 0 Å². The van der Waals surface area contributed by atoms with E-state index in [0.717, 1.165) is 11.1 Å². The van der Waals surface area contributed by atoms with Crippen LogP contribution in [0.2, 0.25) is 5.02 Å². The first-order valence-electron chi connectivity index (χ1n) is 21.4. The number of ketones is 2. The molecule has 1 spiro atoms. The van der Waals surface area contributed by atoms with Gasteiger partial charge < -0.3 is 33.1 Å². The summed E-state index contributed by atoms with van der Waals surface area (Å²) in [6.45, 7) is 16.6. The second kappa shape index (κ2) is 16.2. The van der Waals surface area contributed by atoms with Crippen LogP contribution in [0.5, 0.6) is 23.0 Å². The molecule has 4 heterocycles. The number of hydrogen-bond donors (Lipinski definition) is 2. The van der Waals surface area contributed by atoms with Gasteiger partial charge in [0.1, 0.15) is 28.4 Å². The molecule has 5 atom stereocenters. The number of nitrogens with zero attached hydrogens (tertiary/aromatic N) is 1. The number of carbonyl (C=O) groups excluding carboxylic acids is 3. The topological polar surface area (TPSA) is 167 Å². The molecule has 4 bridgehead atoms. The van der Waals surface area contributed by atoms with Gasteiger partial charge in [0.2, 0.25) is 5.78 Å². The second-order valence-corrected chi connectivity index (χ2v) is 20.1. The number of morpholine rings is 1. The molecule has 3 fully saturated rings. The average Bonchev–Trinajstić information content (AvgIpc) is 3.35. The van der Waals surface area contributed by atoms with Gasteiger partial charge in [0.15, 0.2) is 22.7 Å². The summed E-state index contributed by atoms with van der Waals surface area (Å²) in [6.07, 6.45) is 10.8. The van der Waals surface area contributed by atoms with E-state index in [0.29, 0.717) is 56.8 Å². The molecule has 2 aromatic rings. The first-order valence-corrected chi connectivity index (χ1v) is 23.4. The molecular formula is C48H55ClNO12P. The predicted molar refractivity (Wildman–Crippen MR) is 236 cm³/mol. The van der Waals surface area contributed by atoms with E-state index in [1.54, 1.807) is 43.3 Å². The minimum absolute atomic E-state index is 0.00520. The van der Waals surface area contributed by atoms with E-state index in [-0.39, 0.29) is 68.9 Å². The fourth-order valence-corrected chi connectivity index (χ4v) is 11.0. The fourth-order valence-electron chi connectivity index (χ4n) is 10.3. The Bertz CT molecular complexity index is 2500. The highest BCUT2D eigenvalue weighted by Crippen LogP contribution is 2.71. The van der Waals surface area contributed by atoms with E-state index >= 15 is 9.59 Å². The first kappa shape index (κ1) is 45.1. The maximum atomic E-state index is 16.1. The van der Waals surface area contributed by atoms with Crippen LogP contribution in [-0.2, 0) is 30.0 Å². The van der Waals surface area contributed by atoms with Crippen LogP contribution in [-0.4, -0.2) is 80.9 Å². The molecule has 2 N–H and O–H groups in total. The van der Waals surface area contributed by atoms with E-state index in [4.69, 9.17) is 39.8 Å².